The fourth-order valence-electron chi connectivity index (χ4n) is 1.42. The van der Waals surface area contributed by atoms with Gasteiger partial charge in [0.05, 0.1) is 6.42 Å². The van der Waals surface area contributed by atoms with E-state index in [0.29, 0.717) is 6.42 Å². The first kappa shape index (κ1) is 14.2. The Balaban J connectivity index is 2.24. The number of hydrogen-bond donors (Lipinski definition) is 0. The van der Waals surface area contributed by atoms with E-state index in [1.807, 2.05) is 33.9 Å². The normalized spacial score (nSPS) is 11.8. The zero-order valence-electron chi connectivity index (χ0n) is 11.0. The lowest BCUT2D eigenvalue weighted by molar-refractivity contribution is -0.155. The summed E-state index contributed by atoms with van der Waals surface area (Å²) in [4.78, 5) is 15.0. The van der Waals surface area contributed by atoms with Crippen LogP contribution in [0, 0.1) is 0 Å². The first-order valence-corrected chi connectivity index (χ1v) is 6.67. The van der Waals surface area contributed by atoms with E-state index in [9.17, 15) is 4.79 Å². The fraction of sp³-hybridized carbons (Fsp3) is 0.615. The standard InChI is InChI=1S/C13H21NO2S/c1-13(2,3)16-12(15)7-8-14(4)10-11-6-5-9-17-11/h5-6,9H,7-8,10H2,1-4H3. The van der Waals surface area contributed by atoms with Crippen LogP contribution in [0.15, 0.2) is 17.5 Å². The van der Waals surface area contributed by atoms with E-state index in [-0.39, 0.29) is 11.6 Å². The van der Waals surface area contributed by atoms with Crippen molar-refractivity contribution < 1.29 is 9.53 Å². The van der Waals surface area contributed by atoms with Crippen LogP contribution in [0.4, 0.5) is 0 Å². The Morgan fingerprint density at radius 1 is 1.47 bits per heavy atom. The molecule has 0 fully saturated rings. The maximum absolute atomic E-state index is 11.5. The monoisotopic (exact) mass is 255 g/mol. The van der Waals surface area contributed by atoms with Crippen LogP contribution in [0.25, 0.3) is 0 Å². The summed E-state index contributed by atoms with van der Waals surface area (Å²) in [5.41, 5.74) is -0.386. The summed E-state index contributed by atoms with van der Waals surface area (Å²) in [5, 5.41) is 2.07. The molecule has 0 N–H and O–H groups in total. The molecule has 4 heteroatoms. The predicted octanol–water partition coefficient (Wildman–Crippen LogP) is 2.91. The van der Waals surface area contributed by atoms with Gasteiger partial charge in [0.15, 0.2) is 0 Å². The molecule has 0 saturated heterocycles. The smallest absolute Gasteiger partial charge is 0.307 e. The van der Waals surface area contributed by atoms with Gasteiger partial charge in [-0.2, -0.15) is 0 Å². The van der Waals surface area contributed by atoms with Crippen molar-refractivity contribution in [2.24, 2.45) is 0 Å². The van der Waals surface area contributed by atoms with Crippen molar-refractivity contribution in [2.45, 2.75) is 39.3 Å². The summed E-state index contributed by atoms with van der Waals surface area (Å²) in [6.45, 7) is 7.29. The first-order valence-electron chi connectivity index (χ1n) is 5.79. The molecule has 1 heterocycles. The SMILES string of the molecule is CN(CCC(=O)OC(C)(C)C)Cc1cccs1. The van der Waals surface area contributed by atoms with E-state index in [1.54, 1.807) is 11.3 Å². The molecule has 0 radical (unpaired) electrons. The van der Waals surface area contributed by atoms with E-state index in [2.05, 4.69) is 16.3 Å². The van der Waals surface area contributed by atoms with Crippen LogP contribution in [0.1, 0.15) is 32.1 Å². The molecule has 1 aromatic rings. The minimum Gasteiger partial charge on any atom is -0.460 e. The number of carbonyl (C=O) groups excluding carboxylic acids is 1. The van der Waals surface area contributed by atoms with Gasteiger partial charge < -0.3 is 9.64 Å². The molecule has 0 saturated carbocycles. The lowest BCUT2D eigenvalue weighted by Gasteiger charge is -2.21. The van der Waals surface area contributed by atoms with E-state index in [0.717, 1.165) is 13.1 Å². The van der Waals surface area contributed by atoms with Crippen LogP contribution in [-0.4, -0.2) is 30.1 Å². The molecule has 1 rings (SSSR count). The second-order valence-corrected chi connectivity index (χ2v) is 6.19. The third-order valence-corrected chi connectivity index (χ3v) is 2.98. The second kappa shape index (κ2) is 6.17. The number of ether oxygens (including phenoxy) is 1. The second-order valence-electron chi connectivity index (χ2n) is 5.15. The van der Waals surface area contributed by atoms with Crippen molar-refractivity contribution in [3.05, 3.63) is 22.4 Å². The van der Waals surface area contributed by atoms with Crippen LogP contribution in [0.2, 0.25) is 0 Å². The van der Waals surface area contributed by atoms with Crippen LogP contribution < -0.4 is 0 Å². The topological polar surface area (TPSA) is 29.5 Å². The minimum absolute atomic E-state index is 0.129. The van der Waals surface area contributed by atoms with Crippen molar-refractivity contribution in [2.75, 3.05) is 13.6 Å². The third kappa shape index (κ3) is 6.44. The quantitative estimate of drug-likeness (QED) is 0.758. The minimum atomic E-state index is -0.386. The van der Waals surface area contributed by atoms with E-state index in [4.69, 9.17) is 4.74 Å². The molecule has 1 aromatic heterocycles. The zero-order chi connectivity index (χ0) is 12.9. The molecule has 0 aliphatic carbocycles. The van der Waals surface area contributed by atoms with Crippen LogP contribution >= 0.6 is 11.3 Å². The molecular formula is C13H21NO2S. The molecule has 0 bridgehead atoms. The number of carbonyl (C=O) groups is 1. The summed E-state index contributed by atoms with van der Waals surface area (Å²) in [6, 6.07) is 4.15. The van der Waals surface area contributed by atoms with E-state index >= 15 is 0 Å². The summed E-state index contributed by atoms with van der Waals surface area (Å²) in [5.74, 6) is -0.129. The number of nitrogens with zero attached hydrogens (tertiary/aromatic N) is 1. The fourth-order valence-corrected chi connectivity index (χ4v) is 2.21. The van der Waals surface area contributed by atoms with Crippen molar-refractivity contribution in [1.29, 1.82) is 0 Å². The van der Waals surface area contributed by atoms with Crippen LogP contribution in [0.5, 0.6) is 0 Å². The third-order valence-electron chi connectivity index (χ3n) is 2.12. The molecule has 0 unspecified atom stereocenters. The van der Waals surface area contributed by atoms with Crippen molar-refractivity contribution in [3.63, 3.8) is 0 Å². The van der Waals surface area contributed by atoms with Gasteiger partial charge in [-0.25, -0.2) is 0 Å². The number of rotatable bonds is 5. The van der Waals surface area contributed by atoms with Crippen LogP contribution in [-0.2, 0) is 16.1 Å². The molecule has 3 nitrogen and oxygen atoms in total. The average molecular weight is 255 g/mol. The maximum Gasteiger partial charge on any atom is 0.307 e. The summed E-state index contributed by atoms with van der Waals surface area (Å²) >= 11 is 1.74. The van der Waals surface area contributed by atoms with Gasteiger partial charge in [-0.3, -0.25) is 4.79 Å². The highest BCUT2D eigenvalue weighted by Gasteiger charge is 2.16. The summed E-state index contributed by atoms with van der Waals surface area (Å²) < 4.78 is 5.26. The Morgan fingerprint density at radius 2 is 2.18 bits per heavy atom. The van der Waals surface area contributed by atoms with Gasteiger partial charge in [0.2, 0.25) is 0 Å². The predicted molar refractivity (Wildman–Crippen MR) is 71.1 cm³/mol. The summed E-state index contributed by atoms with van der Waals surface area (Å²) in [7, 11) is 2.02. The highest BCUT2D eigenvalue weighted by molar-refractivity contribution is 7.09. The largest absolute Gasteiger partial charge is 0.460 e. The Labute approximate surface area is 107 Å². The average Bonchev–Trinajstić information content (AvgIpc) is 2.64. The van der Waals surface area contributed by atoms with Gasteiger partial charge in [-0.1, -0.05) is 6.07 Å². The Morgan fingerprint density at radius 3 is 2.71 bits per heavy atom. The van der Waals surface area contributed by atoms with E-state index < -0.39 is 0 Å². The molecule has 96 valence electrons. The molecule has 0 spiro atoms. The Bertz CT molecular complexity index is 341. The van der Waals surface area contributed by atoms with E-state index in [1.165, 1.54) is 4.88 Å². The van der Waals surface area contributed by atoms with Gasteiger partial charge in [0, 0.05) is 18.0 Å². The number of esters is 1. The van der Waals surface area contributed by atoms with Crippen molar-refractivity contribution in [3.8, 4) is 0 Å². The molecule has 0 aliphatic rings. The lowest BCUT2D eigenvalue weighted by atomic mass is 10.2. The molecule has 17 heavy (non-hydrogen) atoms. The number of thiophene rings is 1. The molecule has 0 amide bonds. The van der Waals surface area contributed by atoms with Crippen molar-refractivity contribution >= 4 is 17.3 Å². The van der Waals surface area contributed by atoms with Gasteiger partial charge in [0.25, 0.3) is 0 Å². The van der Waals surface area contributed by atoms with Gasteiger partial charge in [-0.15, -0.1) is 11.3 Å². The molecule has 0 atom stereocenters. The highest BCUT2D eigenvalue weighted by atomic mass is 32.1. The molecule has 0 aromatic carbocycles. The lowest BCUT2D eigenvalue weighted by Crippen LogP contribution is -2.27. The van der Waals surface area contributed by atoms with Crippen molar-refractivity contribution in [1.82, 2.24) is 4.90 Å². The highest BCUT2D eigenvalue weighted by Crippen LogP contribution is 2.12. The van der Waals surface area contributed by atoms with Gasteiger partial charge >= 0.3 is 5.97 Å². The zero-order valence-corrected chi connectivity index (χ0v) is 11.8. The molecule has 0 aliphatic heterocycles. The first-order chi connectivity index (χ1) is 7.87. The van der Waals surface area contributed by atoms with Gasteiger partial charge in [-0.05, 0) is 39.3 Å². The van der Waals surface area contributed by atoms with Gasteiger partial charge in [0.1, 0.15) is 5.60 Å². The summed E-state index contributed by atoms with van der Waals surface area (Å²) in [6.07, 6.45) is 0.444. The maximum atomic E-state index is 11.5. The Kier molecular flexibility index (Phi) is 5.15. The molecular weight excluding hydrogens is 234 g/mol. The Hall–Kier alpha value is -0.870. The number of hydrogen-bond acceptors (Lipinski definition) is 4. The van der Waals surface area contributed by atoms with Crippen LogP contribution in [0.3, 0.4) is 0 Å².